The molecule has 0 bridgehead atoms. The Hall–Kier alpha value is -1.45. The molecule has 1 aromatic rings. The van der Waals surface area contributed by atoms with Gasteiger partial charge >= 0.3 is 0 Å². The van der Waals surface area contributed by atoms with Crippen LogP contribution in [-0.4, -0.2) is 33.3 Å². The van der Waals surface area contributed by atoms with Gasteiger partial charge in [0.15, 0.2) is 0 Å². The van der Waals surface area contributed by atoms with Crippen LogP contribution in [0, 0.1) is 17.2 Å². The molecule has 2 N–H and O–H groups in total. The van der Waals surface area contributed by atoms with Gasteiger partial charge in [0.2, 0.25) is 0 Å². The monoisotopic (exact) mass is 209 g/mol. The molecule has 0 fully saturated rings. The van der Waals surface area contributed by atoms with Crippen molar-refractivity contribution in [1.82, 2.24) is 20.3 Å². The highest BCUT2D eigenvalue weighted by Gasteiger charge is 2.02. The van der Waals surface area contributed by atoms with Crippen molar-refractivity contribution in [2.75, 3.05) is 13.2 Å². The number of hydrogen-bond donors (Lipinski definition) is 2. The summed E-state index contributed by atoms with van der Waals surface area (Å²) >= 11 is 0. The Kier molecular flexibility index (Phi) is 4.74. The summed E-state index contributed by atoms with van der Waals surface area (Å²) in [7, 11) is 0. The Morgan fingerprint density at radius 2 is 2.53 bits per heavy atom. The van der Waals surface area contributed by atoms with E-state index >= 15 is 0 Å². The van der Waals surface area contributed by atoms with Crippen LogP contribution in [0.2, 0.25) is 0 Å². The van der Waals surface area contributed by atoms with Gasteiger partial charge in [0, 0.05) is 19.3 Å². The molecule has 1 atom stereocenters. The number of aromatic nitrogens is 3. The fourth-order valence-electron chi connectivity index (χ4n) is 1.09. The molecule has 0 amide bonds. The Labute approximate surface area is 88.5 Å². The van der Waals surface area contributed by atoms with E-state index in [2.05, 4.69) is 21.7 Å². The standard InChI is InChI=1S/C9H15N5O/c1-8(4-10)5-11-6-9-7-14(2-3-15)13-12-9/h7-8,11,15H,2-3,5-6H2,1H3. The highest BCUT2D eigenvalue weighted by atomic mass is 16.3. The molecule has 82 valence electrons. The smallest absolute Gasteiger partial charge is 0.0964 e. The first-order valence-corrected chi connectivity index (χ1v) is 4.86. The van der Waals surface area contributed by atoms with Crippen molar-refractivity contribution in [3.05, 3.63) is 11.9 Å². The average Bonchev–Trinajstić information content (AvgIpc) is 2.66. The summed E-state index contributed by atoms with van der Waals surface area (Å²) in [6, 6.07) is 2.14. The van der Waals surface area contributed by atoms with Gasteiger partial charge in [0.05, 0.1) is 30.8 Å². The van der Waals surface area contributed by atoms with E-state index in [0.29, 0.717) is 19.6 Å². The minimum atomic E-state index is -0.00233. The maximum atomic E-state index is 8.67. The molecular weight excluding hydrogens is 194 g/mol. The van der Waals surface area contributed by atoms with Crippen LogP contribution in [0.1, 0.15) is 12.6 Å². The second kappa shape index (κ2) is 6.11. The van der Waals surface area contributed by atoms with E-state index in [1.807, 2.05) is 6.92 Å². The van der Waals surface area contributed by atoms with E-state index in [4.69, 9.17) is 10.4 Å². The summed E-state index contributed by atoms with van der Waals surface area (Å²) in [4.78, 5) is 0. The summed E-state index contributed by atoms with van der Waals surface area (Å²) in [5.41, 5.74) is 0.814. The molecule has 0 saturated carbocycles. The van der Waals surface area contributed by atoms with Crippen molar-refractivity contribution in [3.8, 4) is 6.07 Å². The lowest BCUT2D eigenvalue weighted by molar-refractivity contribution is 0.268. The Bertz CT molecular complexity index is 329. The first-order chi connectivity index (χ1) is 7.26. The average molecular weight is 209 g/mol. The van der Waals surface area contributed by atoms with Crippen LogP contribution in [0.15, 0.2) is 6.20 Å². The SMILES string of the molecule is CC(C#N)CNCc1cn(CCO)nn1. The first kappa shape index (κ1) is 11.6. The molecule has 0 saturated heterocycles. The predicted molar refractivity (Wildman–Crippen MR) is 53.6 cm³/mol. The van der Waals surface area contributed by atoms with E-state index in [9.17, 15) is 0 Å². The molecule has 0 aliphatic rings. The number of rotatable bonds is 6. The second-order valence-corrected chi connectivity index (χ2v) is 3.36. The largest absolute Gasteiger partial charge is 0.394 e. The van der Waals surface area contributed by atoms with Gasteiger partial charge in [0.25, 0.3) is 0 Å². The maximum absolute atomic E-state index is 8.67. The van der Waals surface area contributed by atoms with E-state index < -0.39 is 0 Å². The molecule has 1 rings (SSSR count). The van der Waals surface area contributed by atoms with E-state index in [-0.39, 0.29) is 12.5 Å². The second-order valence-electron chi connectivity index (χ2n) is 3.36. The number of aliphatic hydroxyl groups excluding tert-OH is 1. The third-order valence-corrected chi connectivity index (χ3v) is 1.89. The van der Waals surface area contributed by atoms with E-state index in [1.54, 1.807) is 10.9 Å². The van der Waals surface area contributed by atoms with Crippen LogP contribution in [0.5, 0.6) is 0 Å². The molecule has 0 aromatic carbocycles. The third kappa shape index (κ3) is 4.06. The minimum Gasteiger partial charge on any atom is -0.394 e. The van der Waals surface area contributed by atoms with Gasteiger partial charge in [-0.15, -0.1) is 5.10 Å². The zero-order valence-corrected chi connectivity index (χ0v) is 8.72. The third-order valence-electron chi connectivity index (χ3n) is 1.89. The Morgan fingerprint density at radius 1 is 1.73 bits per heavy atom. The molecule has 0 aliphatic carbocycles. The normalized spacial score (nSPS) is 12.3. The summed E-state index contributed by atoms with van der Waals surface area (Å²) in [5.74, 6) is -0.00233. The number of nitriles is 1. The fourth-order valence-corrected chi connectivity index (χ4v) is 1.09. The zero-order chi connectivity index (χ0) is 11.1. The molecular formula is C9H15N5O. The van der Waals surface area contributed by atoms with E-state index in [0.717, 1.165) is 5.69 Å². The van der Waals surface area contributed by atoms with Crippen molar-refractivity contribution in [1.29, 1.82) is 5.26 Å². The first-order valence-electron chi connectivity index (χ1n) is 4.86. The number of nitrogens with one attached hydrogen (secondary N) is 1. The lowest BCUT2D eigenvalue weighted by atomic mass is 10.2. The summed E-state index contributed by atoms with van der Waals surface area (Å²) in [6.45, 7) is 3.61. The Morgan fingerprint density at radius 3 is 3.20 bits per heavy atom. The molecule has 1 unspecified atom stereocenters. The van der Waals surface area contributed by atoms with Gasteiger partial charge in [-0.05, 0) is 6.92 Å². The van der Waals surface area contributed by atoms with Crippen LogP contribution in [0.3, 0.4) is 0 Å². The highest BCUT2D eigenvalue weighted by molar-refractivity contribution is 4.92. The lowest BCUT2D eigenvalue weighted by Crippen LogP contribution is -2.19. The quantitative estimate of drug-likeness (QED) is 0.660. The van der Waals surface area contributed by atoms with Gasteiger partial charge < -0.3 is 10.4 Å². The van der Waals surface area contributed by atoms with Crippen molar-refractivity contribution in [2.24, 2.45) is 5.92 Å². The van der Waals surface area contributed by atoms with Crippen molar-refractivity contribution in [2.45, 2.75) is 20.0 Å². The molecule has 0 spiro atoms. The molecule has 15 heavy (non-hydrogen) atoms. The number of aliphatic hydroxyl groups is 1. The predicted octanol–water partition coefficient (Wildman–Crippen LogP) is -0.480. The minimum absolute atomic E-state index is 0.00233. The van der Waals surface area contributed by atoms with Crippen LogP contribution >= 0.6 is 0 Å². The summed E-state index contributed by atoms with van der Waals surface area (Å²) in [5, 5.41) is 28.1. The van der Waals surface area contributed by atoms with Crippen LogP contribution in [0.25, 0.3) is 0 Å². The Balaban J connectivity index is 2.29. The molecule has 1 heterocycles. The molecule has 0 radical (unpaired) electrons. The molecule has 1 aromatic heterocycles. The van der Waals surface area contributed by atoms with Crippen LogP contribution in [0.4, 0.5) is 0 Å². The van der Waals surface area contributed by atoms with Crippen LogP contribution in [-0.2, 0) is 13.1 Å². The van der Waals surface area contributed by atoms with Gasteiger partial charge in [-0.2, -0.15) is 5.26 Å². The van der Waals surface area contributed by atoms with Gasteiger partial charge in [-0.25, -0.2) is 4.68 Å². The van der Waals surface area contributed by atoms with Crippen molar-refractivity contribution < 1.29 is 5.11 Å². The summed E-state index contributed by atoms with van der Waals surface area (Å²) in [6.07, 6.45) is 1.78. The number of hydrogen-bond acceptors (Lipinski definition) is 5. The highest BCUT2D eigenvalue weighted by Crippen LogP contribution is 1.94. The maximum Gasteiger partial charge on any atom is 0.0964 e. The summed E-state index contributed by atoms with van der Waals surface area (Å²) < 4.78 is 1.59. The van der Waals surface area contributed by atoms with E-state index in [1.165, 1.54) is 0 Å². The molecule has 6 heteroatoms. The van der Waals surface area contributed by atoms with Crippen molar-refractivity contribution in [3.63, 3.8) is 0 Å². The van der Waals surface area contributed by atoms with Gasteiger partial charge in [-0.3, -0.25) is 0 Å². The fraction of sp³-hybridized carbons (Fsp3) is 0.667. The molecule has 0 aliphatic heterocycles. The lowest BCUT2D eigenvalue weighted by Gasteiger charge is -2.02. The number of nitrogens with zero attached hydrogens (tertiary/aromatic N) is 4. The topological polar surface area (TPSA) is 86.8 Å². The van der Waals surface area contributed by atoms with Crippen LogP contribution < -0.4 is 5.32 Å². The van der Waals surface area contributed by atoms with Crippen molar-refractivity contribution >= 4 is 0 Å². The molecule has 6 nitrogen and oxygen atoms in total. The van der Waals surface area contributed by atoms with Gasteiger partial charge in [-0.1, -0.05) is 5.21 Å². The zero-order valence-electron chi connectivity index (χ0n) is 8.72. The van der Waals surface area contributed by atoms with Gasteiger partial charge in [0.1, 0.15) is 0 Å².